The van der Waals surface area contributed by atoms with E-state index >= 15 is 0 Å². The molecule has 0 amide bonds. The average Bonchev–Trinajstić information content (AvgIpc) is 2.56. The molecule has 22 heavy (non-hydrogen) atoms. The maximum atomic E-state index is 4.52. The topological polar surface area (TPSA) is 16.8 Å². The smallest absolute Gasteiger partial charge is 0.232 e. The summed E-state index contributed by atoms with van der Waals surface area (Å²) in [5.74, 6) is 0. The highest BCUT2D eigenvalue weighted by molar-refractivity contribution is 5.96. The van der Waals surface area contributed by atoms with Crippen LogP contribution in [0.2, 0.25) is 0 Å². The Morgan fingerprint density at radius 3 is 2.41 bits per heavy atom. The highest BCUT2D eigenvalue weighted by Gasteiger charge is 2.16. The Bertz CT molecular complexity index is 1000. The fourth-order valence-corrected chi connectivity index (χ4v) is 3.20. The van der Waals surface area contributed by atoms with E-state index in [1.165, 1.54) is 33.0 Å². The zero-order chi connectivity index (χ0) is 15.1. The molecule has 4 aromatic rings. The summed E-state index contributed by atoms with van der Waals surface area (Å²) in [6, 6.07) is 21.3. The third kappa shape index (κ3) is 1.88. The van der Waals surface area contributed by atoms with Crippen LogP contribution in [0.15, 0.2) is 67.0 Å². The van der Waals surface area contributed by atoms with Crippen LogP contribution in [0.4, 0.5) is 0 Å². The number of fused-ring (bicyclic) bond motifs is 2. The molecule has 4 rings (SSSR count). The van der Waals surface area contributed by atoms with Crippen molar-refractivity contribution in [3.05, 3.63) is 72.6 Å². The van der Waals surface area contributed by atoms with E-state index in [4.69, 9.17) is 0 Å². The first kappa shape index (κ1) is 13.0. The molecule has 0 fully saturated rings. The van der Waals surface area contributed by atoms with Crippen LogP contribution in [0.1, 0.15) is 5.56 Å². The number of para-hydroxylation sites is 1. The quantitative estimate of drug-likeness (QED) is 0.479. The van der Waals surface area contributed by atoms with Crippen LogP contribution < -0.4 is 4.57 Å². The second kappa shape index (κ2) is 4.92. The molecule has 0 bridgehead atoms. The van der Waals surface area contributed by atoms with Crippen molar-refractivity contribution in [2.45, 2.75) is 6.92 Å². The van der Waals surface area contributed by atoms with Crippen molar-refractivity contribution in [1.29, 1.82) is 0 Å². The Kier molecular flexibility index (Phi) is 2.90. The molecular weight excluding hydrogens is 268 g/mol. The number of aryl methyl sites for hydroxylation is 2. The zero-order valence-electron chi connectivity index (χ0n) is 12.7. The molecule has 0 spiro atoms. The monoisotopic (exact) mass is 285 g/mol. The summed E-state index contributed by atoms with van der Waals surface area (Å²) in [5.41, 5.74) is 4.82. The van der Waals surface area contributed by atoms with Crippen molar-refractivity contribution >= 4 is 21.7 Å². The third-order valence-corrected chi connectivity index (χ3v) is 4.34. The van der Waals surface area contributed by atoms with Gasteiger partial charge in [0.05, 0.1) is 12.4 Å². The standard InChI is InChI=1S/C20H17N2/c1-14-16-8-4-3-7-15(16)11-12-17(14)20-18-9-5-6-10-19(18)21-13-22(20)2/h3-13H,1-2H3/q+1. The molecule has 0 saturated carbocycles. The lowest BCUT2D eigenvalue weighted by atomic mass is 9.96. The molecule has 2 nitrogen and oxygen atoms in total. The molecular formula is C20H17N2+. The average molecular weight is 285 g/mol. The summed E-state index contributed by atoms with van der Waals surface area (Å²) in [4.78, 5) is 4.52. The van der Waals surface area contributed by atoms with Gasteiger partial charge in [0, 0.05) is 5.56 Å². The molecule has 106 valence electrons. The maximum absolute atomic E-state index is 4.52. The predicted octanol–water partition coefficient (Wildman–Crippen LogP) is 4.19. The van der Waals surface area contributed by atoms with Crippen LogP contribution in [0, 0.1) is 6.92 Å². The number of benzene rings is 3. The van der Waals surface area contributed by atoms with Crippen LogP contribution in [0.3, 0.4) is 0 Å². The van der Waals surface area contributed by atoms with E-state index < -0.39 is 0 Å². The fraction of sp³-hybridized carbons (Fsp3) is 0.100. The zero-order valence-corrected chi connectivity index (χ0v) is 12.7. The molecule has 3 aromatic carbocycles. The SMILES string of the molecule is Cc1c(-c2c3ccccc3nc[n+]2C)ccc2ccccc12. The van der Waals surface area contributed by atoms with Gasteiger partial charge in [0.1, 0.15) is 5.69 Å². The summed E-state index contributed by atoms with van der Waals surface area (Å²) in [6.45, 7) is 2.20. The number of nitrogens with zero attached hydrogens (tertiary/aromatic N) is 2. The molecule has 0 N–H and O–H groups in total. The van der Waals surface area contributed by atoms with Gasteiger partial charge < -0.3 is 0 Å². The number of aromatic nitrogens is 2. The lowest BCUT2D eigenvalue weighted by molar-refractivity contribution is -0.662. The molecule has 2 heteroatoms. The van der Waals surface area contributed by atoms with E-state index in [9.17, 15) is 0 Å². The van der Waals surface area contributed by atoms with Gasteiger partial charge >= 0.3 is 0 Å². The summed E-state index contributed by atoms with van der Waals surface area (Å²) >= 11 is 0. The second-order valence-electron chi connectivity index (χ2n) is 5.68. The molecule has 1 aromatic heterocycles. The van der Waals surface area contributed by atoms with Crippen LogP contribution in [-0.2, 0) is 7.05 Å². The second-order valence-corrected chi connectivity index (χ2v) is 5.68. The van der Waals surface area contributed by atoms with Gasteiger partial charge in [-0.25, -0.2) is 4.57 Å². The van der Waals surface area contributed by atoms with E-state index in [-0.39, 0.29) is 0 Å². The number of hydrogen-bond donors (Lipinski definition) is 0. The van der Waals surface area contributed by atoms with E-state index in [2.05, 4.69) is 78.1 Å². The highest BCUT2D eigenvalue weighted by Crippen LogP contribution is 2.31. The summed E-state index contributed by atoms with van der Waals surface area (Å²) in [6.07, 6.45) is 1.90. The minimum absolute atomic E-state index is 1.03. The summed E-state index contributed by atoms with van der Waals surface area (Å²) in [5, 5.41) is 3.77. The molecule has 0 unspecified atom stereocenters. The van der Waals surface area contributed by atoms with Gasteiger partial charge in [0.25, 0.3) is 6.33 Å². The summed E-state index contributed by atoms with van der Waals surface area (Å²) in [7, 11) is 2.06. The van der Waals surface area contributed by atoms with Crippen molar-refractivity contribution in [3.8, 4) is 11.3 Å². The van der Waals surface area contributed by atoms with Crippen LogP contribution in [0.5, 0.6) is 0 Å². The fourth-order valence-electron chi connectivity index (χ4n) is 3.20. The lowest BCUT2D eigenvalue weighted by Gasteiger charge is -2.11. The number of rotatable bonds is 1. The molecule has 0 radical (unpaired) electrons. The molecule has 0 aliphatic heterocycles. The van der Waals surface area contributed by atoms with Gasteiger partial charge in [0.2, 0.25) is 0 Å². The van der Waals surface area contributed by atoms with Crippen LogP contribution in [0.25, 0.3) is 32.9 Å². The molecule has 0 atom stereocenters. The maximum Gasteiger partial charge on any atom is 0.287 e. The van der Waals surface area contributed by atoms with Crippen LogP contribution >= 0.6 is 0 Å². The van der Waals surface area contributed by atoms with E-state index in [1.54, 1.807) is 0 Å². The van der Waals surface area contributed by atoms with Crippen molar-refractivity contribution in [3.63, 3.8) is 0 Å². The van der Waals surface area contributed by atoms with Crippen LogP contribution in [-0.4, -0.2) is 4.98 Å². The van der Waals surface area contributed by atoms with Gasteiger partial charge in [-0.05, 0) is 46.4 Å². The Labute approximate surface area is 129 Å². The normalized spacial score (nSPS) is 11.2. The first-order valence-electron chi connectivity index (χ1n) is 7.48. The minimum Gasteiger partial charge on any atom is -0.232 e. The van der Waals surface area contributed by atoms with Gasteiger partial charge in [-0.15, -0.1) is 0 Å². The van der Waals surface area contributed by atoms with Crippen molar-refractivity contribution in [2.24, 2.45) is 7.05 Å². The van der Waals surface area contributed by atoms with Crippen molar-refractivity contribution in [2.75, 3.05) is 0 Å². The van der Waals surface area contributed by atoms with E-state index in [1.807, 2.05) is 12.4 Å². The molecule has 0 aliphatic rings. The predicted molar refractivity (Wildman–Crippen MR) is 90.6 cm³/mol. The van der Waals surface area contributed by atoms with Crippen molar-refractivity contribution in [1.82, 2.24) is 4.98 Å². The van der Waals surface area contributed by atoms with Gasteiger partial charge in [-0.2, -0.15) is 0 Å². The van der Waals surface area contributed by atoms with Crippen molar-refractivity contribution < 1.29 is 4.57 Å². The Balaban J connectivity index is 2.12. The largest absolute Gasteiger partial charge is 0.287 e. The van der Waals surface area contributed by atoms with Gasteiger partial charge in [-0.1, -0.05) is 42.5 Å². The Morgan fingerprint density at radius 2 is 1.55 bits per heavy atom. The van der Waals surface area contributed by atoms with Gasteiger partial charge in [-0.3, -0.25) is 0 Å². The highest BCUT2D eigenvalue weighted by atomic mass is 15.0. The lowest BCUT2D eigenvalue weighted by Crippen LogP contribution is -2.31. The first-order valence-corrected chi connectivity index (χ1v) is 7.48. The first-order chi connectivity index (χ1) is 10.8. The van der Waals surface area contributed by atoms with Gasteiger partial charge in [0.15, 0.2) is 5.52 Å². The minimum atomic E-state index is 1.03. The molecule has 1 heterocycles. The third-order valence-electron chi connectivity index (χ3n) is 4.34. The molecule has 0 aliphatic carbocycles. The molecule has 0 saturated heterocycles. The van der Waals surface area contributed by atoms with E-state index in [0.29, 0.717) is 0 Å². The van der Waals surface area contributed by atoms with E-state index in [0.717, 1.165) is 5.52 Å². The number of hydrogen-bond acceptors (Lipinski definition) is 1. The Hall–Kier alpha value is -2.74. The summed E-state index contributed by atoms with van der Waals surface area (Å²) < 4.78 is 2.11. The Morgan fingerprint density at radius 1 is 0.818 bits per heavy atom.